The molecular formula is C12H16ClN3O2. The van der Waals surface area contributed by atoms with Crippen LogP contribution < -0.4 is 16.4 Å². The van der Waals surface area contributed by atoms with Crippen LogP contribution in [-0.4, -0.2) is 24.9 Å². The first-order valence-electron chi connectivity index (χ1n) is 5.59. The molecule has 1 unspecified atom stereocenters. The Kier molecular flexibility index (Phi) is 5.12. The van der Waals surface area contributed by atoms with Crippen LogP contribution in [-0.2, 0) is 9.59 Å². The van der Waals surface area contributed by atoms with Crippen molar-refractivity contribution in [2.45, 2.75) is 12.3 Å². The fraction of sp³-hybridized carbons (Fsp3) is 0.333. The number of halogens is 1. The Morgan fingerprint density at radius 3 is 2.89 bits per heavy atom. The van der Waals surface area contributed by atoms with E-state index in [4.69, 9.17) is 5.73 Å². The number of fused-ring (bicyclic) bond motifs is 1. The summed E-state index contributed by atoms with van der Waals surface area (Å²) in [4.78, 5) is 23.4. The van der Waals surface area contributed by atoms with Crippen molar-refractivity contribution >= 4 is 29.9 Å². The molecule has 0 spiro atoms. The van der Waals surface area contributed by atoms with Gasteiger partial charge in [-0.1, -0.05) is 18.2 Å². The van der Waals surface area contributed by atoms with Gasteiger partial charge in [-0.3, -0.25) is 9.59 Å². The van der Waals surface area contributed by atoms with E-state index in [1.807, 2.05) is 18.2 Å². The summed E-state index contributed by atoms with van der Waals surface area (Å²) in [7, 11) is 0. The molecule has 1 aromatic rings. The lowest BCUT2D eigenvalue weighted by Crippen LogP contribution is -2.37. The fourth-order valence-electron chi connectivity index (χ4n) is 1.96. The van der Waals surface area contributed by atoms with Gasteiger partial charge in [0.1, 0.15) is 0 Å². The summed E-state index contributed by atoms with van der Waals surface area (Å²) in [5.41, 5.74) is 6.92. The zero-order chi connectivity index (χ0) is 12.3. The van der Waals surface area contributed by atoms with E-state index in [-0.39, 0.29) is 30.6 Å². The van der Waals surface area contributed by atoms with Gasteiger partial charge >= 0.3 is 0 Å². The Labute approximate surface area is 112 Å². The van der Waals surface area contributed by atoms with Crippen molar-refractivity contribution in [3.63, 3.8) is 0 Å². The second kappa shape index (κ2) is 6.37. The topological polar surface area (TPSA) is 84.2 Å². The maximum atomic E-state index is 11.9. The molecule has 1 aliphatic rings. The van der Waals surface area contributed by atoms with E-state index in [9.17, 15) is 9.59 Å². The highest BCUT2D eigenvalue weighted by atomic mass is 35.5. The number of amides is 2. The standard InChI is InChI=1S/C12H15N3O2.ClH/c13-5-6-14-12(17)9-7-11(16)15-10-4-2-1-3-8(9)10;/h1-4,9H,5-7,13H2,(H,14,17)(H,15,16);1H. The number of carbonyl (C=O) groups excluding carboxylic acids is 2. The third kappa shape index (κ3) is 3.00. The van der Waals surface area contributed by atoms with Crippen LogP contribution in [0.4, 0.5) is 5.69 Å². The van der Waals surface area contributed by atoms with Gasteiger partial charge in [-0.15, -0.1) is 12.4 Å². The van der Waals surface area contributed by atoms with Crippen molar-refractivity contribution in [1.82, 2.24) is 5.32 Å². The molecule has 18 heavy (non-hydrogen) atoms. The number of anilines is 1. The van der Waals surface area contributed by atoms with Crippen molar-refractivity contribution in [2.75, 3.05) is 18.4 Å². The van der Waals surface area contributed by atoms with Gasteiger partial charge in [0, 0.05) is 25.2 Å². The first-order valence-corrected chi connectivity index (χ1v) is 5.59. The molecule has 1 atom stereocenters. The maximum absolute atomic E-state index is 11.9. The molecule has 6 heteroatoms. The molecule has 1 heterocycles. The third-order valence-corrected chi connectivity index (χ3v) is 2.76. The van der Waals surface area contributed by atoms with Crippen LogP contribution in [0.5, 0.6) is 0 Å². The summed E-state index contributed by atoms with van der Waals surface area (Å²) in [6.45, 7) is 0.825. The van der Waals surface area contributed by atoms with Gasteiger partial charge < -0.3 is 16.4 Å². The molecule has 0 fully saturated rings. The largest absolute Gasteiger partial charge is 0.354 e. The lowest BCUT2D eigenvalue weighted by molar-refractivity contribution is -0.126. The number of hydrogen-bond donors (Lipinski definition) is 3. The van der Waals surface area contributed by atoms with Gasteiger partial charge in [-0.05, 0) is 11.6 Å². The molecule has 0 aliphatic carbocycles. The molecule has 0 bridgehead atoms. The minimum atomic E-state index is -0.411. The van der Waals surface area contributed by atoms with E-state index in [1.165, 1.54) is 0 Å². The summed E-state index contributed by atoms with van der Waals surface area (Å²) >= 11 is 0. The second-order valence-corrected chi connectivity index (χ2v) is 3.97. The zero-order valence-corrected chi connectivity index (χ0v) is 10.6. The average molecular weight is 270 g/mol. The summed E-state index contributed by atoms with van der Waals surface area (Å²) in [6, 6.07) is 7.36. The first-order chi connectivity index (χ1) is 8.22. The molecular weight excluding hydrogens is 254 g/mol. The molecule has 98 valence electrons. The van der Waals surface area contributed by atoms with Gasteiger partial charge in [0.15, 0.2) is 0 Å². The minimum Gasteiger partial charge on any atom is -0.354 e. The monoisotopic (exact) mass is 269 g/mol. The van der Waals surface area contributed by atoms with Gasteiger partial charge in [0.25, 0.3) is 0 Å². The number of para-hydroxylation sites is 1. The Bertz CT molecular complexity index is 451. The molecule has 2 rings (SSSR count). The Morgan fingerprint density at radius 1 is 1.44 bits per heavy atom. The molecule has 1 aromatic carbocycles. The predicted octanol–water partition coefficient (Wildman–Crippen LogP) is 0.609. The van der Waals surface area contributed by atoms with Crippen LogP contribution in [0.3, 0.4) is 0 Å². The van der Waals surface area contributed by atoms with Gasteiger partial charge in [-0.2, -0.15) is 0 Å². The molecule has 2 amide bonds. The lowest BCUT2D eigenvalue weighted by atomic mass is 9.90. The normalized spacial score (nSPS) is 17.2. The summed E-state index contributed by atoms with van der Waals surface area (Å²) in [5, 5.41) is 5.48. The van der Waals surface area contributed by atoms with Crippen molar-refractivity contribution in [2.24, 2.45) is 5.73 Å². The van der Waals surface area contributed by atoms with E-state index < -0.39 is 5.92 Å². The Balaban J connectivity index is 0.00000162. The Morgan fingerprint density at radius 2 is 2.17 bits per heavy atom. The summed E-state index contributed by atoms with van der Waals surface area (Å²) in [6.07, 6.45) is 0.188. The quantitative estimate of drug-likeness (QED) is 0.752. The van der Waals surface area contributed by atoms with Crippen LogP contribution in [0.15, 0.2) is 24.3 Å². The highest BCUT2D eigenvalue weighted by Crippen LogP contribution is 2.31. The molecule has 5 nitrogen and oxygen atoms in total. The van der Waals surface area contributed by atoms with Crippen molar-refractivity contribution < 1.29 is 9.59 Å². The number of hydrogen-bond acceptors (Lipinski definition) is 3. The highest BCUT2D eigenvalue weighted by molar-refractivity contribution is 6.01. The second-order valence-electron chi connectivity index (χ2n) is 3.97. The lowest BCUT2D eigenvalue weighted by Gasteiger charge is -2.24. The zero-order valence-electron chi connectivity index (χ0n) is 9.81. The van der Waals surface area contributed by atoms with E-state index in [1.54, 1.807) is 6.07 Å². The maximum Gasteiger partial charge on any atom is 0.228 e. The average Bonchev–Trinajstić information content (AvgIpc) is 2.34. The molecule has 0 radical (unpaired) electrons. The van der Waals surface area contributed by atoms with Crippen molar-refractivity contribution in [3.05, 3.63) is 29.8 Å². The molecule has 1 aliphatic heterocycles. The van der Waals surface area contributed by atoms with Gasteiger partial charge in [0.2, 0.25) is 11.8 Å². The van der Waals surface area contributed by atoms with Crippen molar-refractivity contribution in [1.29, 1.82) is 0 Å². The van der Waals surface area contributed by atoms with Crippen LogP contribution in [0.25, 0.3) is 0 Å². The SMILES string of the molecule is Cl.NCCNC(=O)C1CC(=O)Nc2ccccc21. The fourth-order valence-corrected chi connectivity index (χ4v) is 1.96. The van der Waals surface area contributed by atoms with Crippen LogP contribution in [0.2, 0.25) is 0 Å². The number of nitrogens with one attached hydrogen (secondary N) is 2. The van der Waals surface area contributed by atoms with E-state index in [0.717, 1.165) is 11.3 Å². The first kappa shape index (κ1) is 14.5. The molecule has 0 aromatic heterocycles. The minimum absolute atomic E-state index is 0. The molecule has 0 saturated heterocycles. The number of benzene rings is 1. The molecule has 4 N–H and O–H groups in total. The van der Waals surface area contributed by atoms with Crippen LogP contribution in [0, 0.1) is 0 Å². The van der Waals surface area contributed by atoms with Gasteiger partial charge in [-0.25, -0.2) is 0 Å². The third-order valence-electron chi connectivity index (χ3n) is 2.76. The number of carbonyl (C=O) groups is 2. The summed E-state index contributed by atoms with van der Waals surface area (Å²) in [5.74, 6) is -0.680. The van der Waals surface area contributed by atoms with E-state index >= 15 is 0 Å². The van der Waals surface area contributed by atoms with E-state index in [2.05, 4.69) is 10.6 Å². The number of nitrogens with two attached hydrogens (primary N) is 1. The Hall–Kier alpha value is -1.59. The van der Waals surface area contributed by atoms with E-state index in [0.29, 0.717) is 13.1 Å². The van der Waals surface area contributed by atoms with Crippen LogP contribution in [0.1, 0.15) is 17.9 Å². The highest BCUT2D eigenvalue weighted by Gasteiger charge is 2.29. The molecule has 0 saturated carbocycles. The van der Waals surface area contributed by atoms with Crippen LogP contribution >= 0.6 is 12.4 Å². The smallest absolute Gasteiger partial charge is 0.228 e. The predicted molar refractivity (Wildman–Crippen MR) is 71.7 cm³/mol. The van der Waals surface area contributed by atoms with Gasteiger partial charge in [0.05, 0.1) is 5.92 Å². The number of rotatable bonds is 3. The summed E-state index contributed by atoms with van der Waals surface area (Å²) < 4.78 is 0. The van der Waals surface area contributed by atoms with Crippen molar-refractivity contribution in [3.8, 4) is 0 Å².